The summed E-state index contributed by atoms with van der Waals surface area (Å²) < 4.78 is 0. The third-order valence-electron chi connectivity index (χ3n) is 2.16. The predicted molar refractivity (Wildman–Crippen MR) is 68.8 cm³/mol. The molecule has 1 heterocycles. The lowest BCUT2D eigenvalue weighted by atomic mass is 10.2. The van der Waals surface area contributed by atoms with E-state index >= 15 is 0 Å². The molecule has 17 heavy (non-hydrogen) atoms. The minimum Gasteiger partial charge on any atom is -0.355 e. The number of rotatable bonds is 6. The van der Waals surface area contributed by atoms with Crippen molar-refractivity contribution in [1.29, 1.82) is 0 Å². The molecule has 1 aromatic heterocycles. The van der Waals surface area contributed by atoms with E-state index in [0.29, 0.717) is 30.6 Å². The standard InChI is InChI=1S/C12H18ClN3O/c1-9(2)5-16-12(17)8-15-6-10-3-4-14-7-11(10)13/h3-4,7,9,15H,5-6,8H2,1-2H3,(H,16,17). The van der Waals surface area contributed by atoms with Crippen molar-refractivity contribution in [1.82, 2.24) is 15.6 Å². The van der Waals surface area contributed by atoms with Gasteiger partial charge in [0, 0.05) is 25.5 Å². The van der Waals surface area contributed by atoms with Gasteiger partial charge in [-0.05, 0) is 17.5 Å². The van der Waals surface area contributed by atoms with Gasteiger partial charge in [-0.15, -0.1) is 0 Å². The molecule has 0 aliphatic heterocycles. The largest absolute Gasteiger partial charge is 0.355 e. The first kappa shape index (κ1) is 13.9. The molecule has 0 spiro atoms. The van der Waals surface area contributed by atoms with E-state index in [1.165, 1.54) is 0 Å². The van der Waals surface area contributed by atoms with Crippen LogP contribution in [0.25, 0.3) is 0 Å². The van der Waals surface area contributed by atoms with E-state index in [1.807, 2.05) is 6.07 Å². The summed E-state index contributed by atoms with van der Waals surface area (Å²) in [5.74, 6) is 0.470. The highest BCUT2D eigenvalue weighted by atomic mass is 35.5. The summed E-state index contributed by atoms with van der Waals surface area (Å²) in [7, 11) is 0. The van der Waals surface area contributed by atoms with Crippen LogP contribution in [-0.2, 0) is 11.3 Å². The molecule has 0 aromatic carbocycles. The van der Waals surface area contributed by atoms with Crippen molar-refractivity contribution in [2.24, 2.45) is 5.92 Å². The SMILES string of the molecule is CC(C)CNC(=O)CNCc1ccncc1Cl. The van der Waals surface area contributed by atoms with Crippen molar-refractivity contribution in [2.75, 3.05) is 13.1 Å². The quantitative estimate of drug-likeness (QED) is 0.812. The van der Waals surface area contributed by atoms with Gasteiger partial charge in [0.15, 0.2) is 0 Å². The monoisotopic (exact) mass is 255 g/mol. The molecule has 0 atom stereocenters. The predicted octanol–water partition coefficient (Wildman–Crippen LogP) is 1.60. The zero-order valence-electron chi connectivity index (χ0n) is 10.2. The molecule has 0 saturated heterocycles. The Kier molecular flexibility index (Phi) is 5.94. The van der Waals surface area contributed by atoms with Crippen LogP contribution >= 0.6 is 11.6 Å². The molecule has 0 saturated carbocycles. The molecule has 0 unspecified atom stereocenters. The maximum atomic E-state index is 11.4. The number of amides is 1. The van der Waals surface area contributed by atoms with Gasteiger partial charge in [-0.1, -0.05) is 25.4 Å². The van der Waals surface area contributed by atoms with E-state index in [0.717, 1.165) is 5.56 Å². The van der Waals surface area contributed by atoms with Crippen LogP contribution < -0.4 is 10.6 Å². The number of nitrogens with zero attached hydrogens (tertiary/aromatic N) is 1. The fourth-order valence-electron chi connectivity index (χ4n) is 1.24. The first-order chi connectivity index (χ1) is 8.09. The Bertz CT molecular complexity index is 369. The average molecular weight is 256 g/mol. The molecule has 0 aliphatic rings. The van der Waals surface area contributed by atoms with Crippen molar-refractivity contribution in [2.45, 2.75) is 20.4 Å². The normalized spacial score (nSPS) is 10.6. The number of aromatic nitrogens is 1. The lowest BCUT2D eigenvalue weighted by Gasteiger charge is -2.09. The first-order valence-corrected chi connectivity index (χ1v) is 6.03. The molecule has 4 nitrogen and oxygen atoms in total. The van der Waals surface area contributed by atoms with Crippen molar-refractivity contribution >= 4 is 17.5 Å². The summed E-state index contributed by atoms with van der Waals surface area (Å²) in [5, 5.41) is 6.49. The highest BCUT2D eigenvalue weighted by Gasteiger charge is 2.03. The second-order valence-corrected chi connectivity index (χ2v) is 4.68. The van der Waals surface area contributed by atoms with Crippen molar-refractivity contribution < 1.29 is 4.79 Å². The van der Waals surface area contributed by atoms with Gasteiger partial charge in [0.2, 0.25) is 5.91 Å². The molecule has 1 amide bonds. The molecule has 0 bridgehead atoms. The summed E-state index contributed by atoms with van der Waals surface area (Å²) in [5.41, 5.74) is 0.943. The smallest absolute Gasteiger partial charge is 0.233 e. The summed E-state index contributed by atoms with van der Waals surface area (Å²) in [6.45, 7) is 5.69. The molecule has 1 rings (SSSR count). The lowest BCUT2D eigenvalue weighted by Crippen LogP contribution is -2.35. The van der Waals surface area contributed by atoms with Crippen LogP contribution in [0.15, 0.2) is 18.5 Å². The van der Waals surface area contributed by atoms with Gasteiger partial charge in [-0.3, -0.25) is 9.78 Å². The number of carbonyl (C=O) groups is 1. The van der Waals surface area contributed by atoms with Crippen molar-refractivity contribution in [3.8, 4) is 0 Å². The van der Waals surface area contributed by atoms with Crippen molar-refractivity contribution in [3.05, 3.63) is 29.0 Å². The third kappa shape index (κ3) is 5.65. The molecule has 1 aromatic rings. The highest BCUT2D eigenvalue weighted by molar-refractivity contribution is 6.31. The van der Waals surface area contributed by atoms with Gasteiger partial charge >= 0.3 is 0 Å². The summed E-state index contributed by atoms with van der Waals surface area (Å²) in [4.78, 5) is 15.3. The molecule has 94 valence electrons. The summed E-state index contributed by atoms with van der Waals surface area (Å²) >= 11 is 5.94. The van der Waals surface area contributed by atoms with Gasteiger partial charge in [-0.2, -0.15) is 0 Å². The van der Waals surface area contributed by atoms with E-state index in [9.17, 15) is 4.79 Å². The number of nitrogens with one attached hydrogen (secondary N) is 2. The van der Waals surface area contributed by atoms with E-state index in [2.05, 4.69) is 29.5 Å². The van der Waals surface area contributed by atoms with Gasteiger partial charge in [0.1, 0.15) is 0 Å². The molecule has 0 radical (unpaired) electrons. The fraction of sp³-hybridized carbons (Fsp3) is 0.500. The van der Waals surface area contributed by atoms with Gasteiger partial charge in [-0.25, -0.2) is 0 Å². The minimum atomic E-state index is 0.00359. The molecule has 0 fully saturated rings. The number of carbonyl (C=O) groups excluding carboxylic acids is 1. The van der Waals surface area contributed by atoms with Crippen LogP contribution in [0.2, 0.25) is 5.02 Å². The summed E-state index contributed by atoms with van der Waals surface area (Å²) in [6, 6.07) is 1.83. The molecule has 5 heteroatoms. The second kappa shape index (κ2) is 7.25. The zero-order valence-corrected chi connectivity index (χ0v) is 10.9. The Labute approximate surface area is 107 Å². The Hall–Kier alpha value is -1.13. The Morgan fingerprint density at radius 3 is 2.94 bits per heavy atom. The fourth-order valence-corrected chi connectivity index (χ4v) is 1.42. The maximum absolute atomic E-state index is 11.4. The van der Waals surface area contributed by atoms with Gasteiger partial charge in [0.25, 0.3) is 0 Å². The third-order valence-corrected chi connectivity index (χ3v) is 2.51. The number of pyridine rings is 1. The summed E-state index contributed by atoms with van der Waals surface area (Å²) in [6.07, 6.45) is 3.28. The zero-order chi connectivity index (χ0) is 12.7. The number of hydrogen-bond donors (Lipinski definition) is 2. The van der Waals surface area contributed by atoms with Crippen LogP contribution in [0.5, 0.6) is 0 Å². The van der Waals surface area contributed by atoms with E-state index < -0.39 is 0 Å². The molecular weight excluding hydrogens is 238 g/mol. The maximum Gasteiger partial charge on any atom is 0.233 e. The van der Waals surface area contributed by atoms with Crippen LogP contribution in [0.1, 0.15) is 19.4 Å². The highest BCUT2D eigenvalue weighted by Crippen LogP contribution is 2.12. The topological polar surface area (TPSA) is 54.0 Å². The van der Waals surface area contributed by atoms with Crippen LogP contribution in [0.4, 0.5) is 0 Å². The number of hydrogen-bond acceptors (Lipinski definition) is 3. The van der Waals surface area contributed by atoms with Crippen molar-refractivity contribution in [3.63, 3.8) is 0 Å². The van der Waals surface area contributed by atoms with Gasteiger partial charge < -0.3 is 10.6 Å². The van der Waals surface area contributed by atoms with Crippen LogP contribution in [0, 0.1) is 5.92 Å². The Balaban J connectivity index is 2.24. The van der Waals surface area contributed by atoms with E-state index in [4.69, 9.17) is 11.6 Å². The van der Waals surface area contributed by atoms with Crippen LogP contribution in [0.3, 0.4) is 0 Å². The van der Waals surface area contributed by atoms with E-state index in [1.54, 1.807) is 12.4 Å². The number of halogens is 1. The second-order valence-electron chi connectivity index (χ2n) is 4.27. The van der Waals surface area contributed by atoms with Crippen LogP contribution in [-0.4, -0.2) is 24.0 Å². The molecule has 0 aliphatic carbocycles. The lowest BCUT2D eigenvalue weighted by molar-refractivity contribution is -0.120. The molecular formula is C12H18ClN3O. The minimum absolute atomic E-state index is 0.00359. The van der Waals surface area contributed by atoms with E-state index in [-0.39, 0.29) is 5.91 Å². The first-order valence-electron chi connectivity index (χ1n) is 5.65. The molecule has 2 N–H and O–H groups in total. The Morgan fingerprint density at radius 2 is 2.29 bits per heavy atom. The average Bonchev–Trinajstić information content (AvgIpc) is 2.29. The Morgan fingerprint density at radius 1 is 1.53 bits per heavy atom. The van der Waals surface area contributed by atoms with Gasteiger partial charge in [0.05, 0.1) is 11.6 Å².